The molecule has 0 aromatic heterocycles. The largest absolute Gasteiger partial charge is 0.381 e. The zero-order valence-electron chi connectivity index (χ0n) is 18.0. The van der Waals surface area contributed by atoms with E-state index >= 15 is 0 Å². The van der Waals surface area contributed by atoms with Crippen LogP contribution in [0.4, 0.5) is 0 Å². The molecule has 0 aliphatic heterocycles. The molecule has 0 saturated heterocycles. The van der Waals surface area contributed by atoms with Gasteiger partial charge in [0.15, 0.2) is 9.84 Å². The van der Waals surface area contributed by atoms with Gasteiger partial charge in [-0.05, 0) is 36.0 Å². The van der Waals surface area contributed by atoms with E-state index in [2.05, 4.69) is 19.1 Å². The highest BCUT2D eigenvalue weighted by molar-refractivity contribution is 7.89. The smallest absolute Gasteiger partial charge is 0.158 e. The van der Waals surface area contributed by atoms with E-state index in [-0.39, 0.29) is 11.5 Å². The second kappa shape index (κ2) is 12.8. The maximum absolute atomic E-state index is 12.5. The predicted molar refractivity (Wildman–Crippen MR) is 122 cm³/mol. The number of benzene rings is 2. The van der Waals surface area contributed by atoms with Crippen LogP contribution in [0.5, 0.6) is 0 Å². The third kappa shape index (κ3) is 9.60. The molecule has 0 radical (unpaired) electrons. The van der Waals surface area contributed by atoms with Crippen LogP contribution in [0, 0.1) is 0 Å². The summed E-state index contributed by atoms with van der Waals surface area (Å²) < 4.78 is 30.6. The molecule has 2 aromatic carbocycles. The molecule has 160 valence electrons. The summed E-state index contributed by atoms with van der Waals surface area (Å²) in [6.07, 6.45) is 9.85. The van der Waals surface area contributed by atoms with Gasteiger partial charge in [0.2, 0.25) is 0 Å². The van der Waals surface area contributed by atoms with E-state index in [1.54, 1.807) is 7.11 Å². The Morgan fingerprint density at radius 1 is 0.759 bits per heavy atom. The van der Waals surface area contributed by atoms with Crippen molar-refractivity contribution in [3.63, 3.8) is 0 Å². The van der Waals surface area contributed by atoms with Crippen molar-refractivity contribution in [1.29, 1.82) is 0 Å². The quantitative estimate of drug-likeness (QED) is 0.349. The molecule has 0 heterocycles. The molecule has 2 aromatic rings. The lowest BCUT2D eigenvalue weighted by molar-refractivity contribution is 0.0858. The highest BCUT2D eigenvalue weighted by Crippen LogP contribution is 2.17. The number of unbranched alkanes of at least 4 members (excludes halogenated alkanes) is 4. The van der Waals surface area contributed by atoms with Crippen molar-refractivity contribution in [2.24, 2.45) is 0 Å². The number of ether oxygens (including phenoxy) is 1. The lowest BCUT2D eigenvalue weighted by atomic mass is 10.0. The van der Waals surface area contributed by atoms with Crippen LogP contribution in [0.3, 0.4) is 0 Å². The van der Waals surface area contributed by atoms with Crippen molar-refractivity contribution in [2.45, 2.75) is 75.9 Å². The van der Waals surface area contributed by atoms with Gasteiger partial charge in [-0.15, -0.1) is 0 Å². The van der Waals surface area contributed by atoms with Crippen LogP contribution >= 0.6 is 0 Å². The molecule has 0 N–H and O–H groups in total. The van der Waals surface area contributed by atoms with Crippen molar-refractivity contribution in [3.8, 4) is 0 Å². The van der Waals surface area contributed by atoms with Gasteiger partial charge < -0.3 is 4.74 Å². The lowest BCUT2D eigenvalue weighted by Crippen LogP contribution is -2.12. The number of hydrogen-bond acceptors (Lipinski definition) is 3. The minimum atomic E-state index is -3.17. The van der Waals surface area contributed by atoms with Crippen LogP contribution in [0.15, 0.2) is 54.6 Å². The molecular formula is C25H36O3S. The number of hydrogen-bond donors (Lipinski definition) is 0. The van der Waals surface area contributed by atoms with Gasteiger partial charge >= 0.3 is 0 Å². The monoisotopic (exact) mass is 416 g/mol. The molecule has 0 aliphatic rings. The van der Waals surface area contributed by atoms with Gasteiger partial charge in [-0.1, -0.05) is 93.6 Å². The molecular weight excluding hydrogens is 380 g/mol. The van der Waals surface area contributed by atoms with E-state index in [1.807, 2.05) is 42.5 Å². The molecule has 0 amide bonds. The summed E-state index contributed by atoms with van der Waals surface area (Å²) >= 11 is 0. The maximum Gasteiger partial charge on any atom is 0.158 e. The zero-order chi connectivity index (χ0) is 21.0. The summed E-state index contributed by atoms with van der Waals surface area (Å²) in [6.45, 7) is 2.24. The van der Waals surface area contributed by atoms with Crippen LogP contribution in [-0.2, 0) is 32.5 Å². The van der Waals surface area contributed by atoms with E-state index in [0.29, 0.717) is 6.10 Å². The summed E-state index contributed by atoms with van der Waals surface area (Å²) in [5.74, 6) is 0.171. The first kappa shape index (κ1) is 23.6. The SMILES string of the molecule is CCCCCCCC(CCc1ccc(CS(=O)(=O)Cc2ccccc2)cc1)OC. The van der Waals surface area contributed by atoms with Crippen molar-refractivity contribution in [1.82, 2.24) is 0 Å². The van der Waals surface area contributed by atoms with Crippen molar-refractivity contribution < 1.29 is 13.2 Å². The summed E-state index contributed by atoms with van der Waals surface area (Å²) in [7, 11) is -1.36. The molecule has 4 heteroatoms. The summed E-state index contributed by atoms with van der Waals surface area (Å²) in [4.78, 5) is 0. The van der Waals surface area contributed by atoms with Crippen molar-refractivity contribution >= 4 is 9.84 Å². The number of aryl methyl sites for hydroxylation is 1. The summed E-state index contributed by atoms with van der Waals surface area (Å²) in [5, 5.41) is 0. The van der Waals surface area contributed by atoms with Crippen LogP contribution in [0.25, 0.3) is 0 Å². The summed E-state index contributed by atoms with van der Waals surface area (Å²) in [5.41, 5.74) is 2.93. The topological polar surface area (TPSA) is 43.4 Å². The van der Waals surface area contributed by atoms with Gasteiger partial charge in [-0.3, -0.25) is 0 Å². The van der Waals surface area contributed by atoms with Crippen LogP contribution in [0.1, 0.15) is 68.6 Å². The fourth-order valence-electron chi connectivity index (χ4n) is 3.62. The van der Waals surface area contributed by atoms with Crippen molar-refractivity contribution in [3.05, 3.63) is 71.3 Å². The van der Waals surface area contributed by atoms with Gasteiger partial charge in [0.05, 0.1) is 17.6 Å². The second-order valence-corrected chi connectivity index (χ2v) is 10.00. The molecule has 0 fully saturated rings. The fraction of sp³-hybridized carbons (Fsp3) is 0.520. The number of sulfone groups is 1. The van der Waals surface area contributed by atoms with E-state index < -0.39 is 9.84 Å². The average molecular weight is 417 g/mol. The lowest BCUT2D eigenvalue weighted by Gasteiger charge is -2.15. The Morgan fingerprint density at radius 2 is 1.34 bits per heavy atom. The highest BCUT2D eigenvalue weighted by atomic mass is 32.2. The van der Waals surface area contributed by atoms with E-state index in [0.717, 1.165) is 30.4 Å². The molecule has 0 aliphatic carbocycles. The molecule has 29 heavy (non-hydrogen) atoms. The van der Waals surface area contributed by atoms with Gasteiger partial charge in [0.1, 0.15) is 0 Å². The van der Waals surface area contributed by atoms with Gasteiger partial charge in [0, 0.05) is 7.11 Å². The Balaban J connectivity index is 1.78. The molecule has 1 atom stereocenters. The predicted octanol–water partition coefficient (Wildman–Crippen LogP) is 6.11. The Hall–Kier alpha value is -1.65. The Morgan fingerprint density at radius 3 is 1.97 bits per heavy atom. The van der Waals surface area contributed by atoms with Crippen LogP contribution < -0.4 is 0 Å². The minimum Gasteiger partial charge on any atom is -0.381 e. The highest BCUT2D eigenvalue weighted by Gasteiger charge is 2.13. The van der Waals surface area contributed by atoms with E-state index in [9.17, 15) is 8.42 Å². The van der Waals surface area contributed by atoms with Crippen LogP contribution in [-0.4, -0.2) is 21.6 Å². The molecule has 0 spiro atoms. The average Bonchev–Trinajstić information content (AvgIpc) is 2.71. The first-order chi connectivity index (χ1) is 14.0. The van der Waals surface area contributed by atoms with E-state index in [4.69, 9.17) is 4.74 Å². The number of rotatable bonds is 14. The van der Waals surface area contributed by atoms with Crippen LogP contribution in [0.2, 0.25) is 0 Å². The fourth-order valence-corrected chi connectivity index (χ4v) is 5.12. The third-order valence-electron chi connectivity index (χ3n) is 5.36. The Bertz CT molecular complexity index is 783. The zero-order valence-corrected chi connectivity index (χ0v) is 18.8. The molecule has 1 unspecified atom stereocenters. The Labute approximate surface area is 177 Å². The second-order valence-electron chi connectivity index (χ2n) is 7.93. The standard InChI is InChI=1S/C25H36O3S/c1-3-4-5-6-10-13-25(28-2)19-18-22-14-16-24(17-15-22)21-29(26,27)20-23-11-8-7-9-12-23/h7-9,11-12,14-17,25H,3-6,10,13,18-21H2,1-2H3. The van der Waals surface area contributed by atoms with Gasteiger partial charge in [-0.2, -0.15) is 0 Å². The third-order valence-corrected chi connectivity index (χ3v) is 6.90. The molecule has 0 bridgehead atoms. The van der Waals surface area contributed by atoms with Gasteiger partial charge in [-0.25, -0.2) is 8.42 Å². The first-order valence-corrected chi connectivity index (χ1v) is 12.7. The molecule has 3 nitrogen and oxygen atoms in total. The summed E-state index contributed by atoms with van der Waals surface area (Å²) in [6, 6.07) is 17.4. The minimum absolute atomic E-state index is 0.0840. The first-order valence-electron chi connectivity index (χ1n) is 10.9. The normalized spacial score (nSPS) is 12.8. The maximum atomic E-state index is 12.5. The molecule has 2 rings (SSSR count). The van der Waals surface area contributed by atoms with Crippen molar-refractivity contribution in [2.75, 3.05) is 7.11 Å². The van der Waals surface area contributed by atoms with E-state index in [1.165, 1.54) is 37.7 Å². The molecule has 0 saturated carbocycles. The Kier molecular flexibility index (Phi) is 10.4. The number of methoxy groups -OCH3 is 1. The van der Waals surface area contributed by atoms with Gasteiger partial charge in [0.25, 0.3) is 0 Å².